The number of para-hydroxylation sites is 1. The van der Waals surface area contributed by atoms with Crippen molar-refractivity contribution in [2.75, 3.05) is 40.5 Å². The van der Waals surface area contributed by atoms with Crippen LogP contribution in [0.1, 0.15) is 63.5 Å². The Morgan fingerprint density at radius 1 is 1.03 bits per heavy atom. The molecule has 4 atom stereocenters. The van der Waals surface area contributed by atoms with Crippen molar-refractivity contribution in [3.05, 3.63) is 63.7 Å². The smallest absolute Gasteiger partial charge is 0.301 e. The zero-order valence-electron chi connectivity index (χ0n) is 32.9. The van der Waals surface area contributed by atoms with E-state index in [0.29, 0.717) is 70.7 Å². The van der Waals surface area contributed by atoms with Gasteiger partial charge < -0.3 is 30.2 Å². The molecule has 2 saturated heterocycles. The Morgan fingerprint density at radius 3 is 2.61 bits per heavy atom. The number of ether oxygens (including phenoxy) is 1. The second-order valence-corrected chi connectivity index (χ2v) is 17.7. The van der Waals surface area contributed by atoms with Crippen molar-refractivity contribution < 1.29 is 23.1 Å². The molecule has 5 aromatic rings. The number of hydrogen-bond donors (Lipinski definition) is 4. The number of amides is 2. The fourth-order valence-electron chi connectivity index (χ4n) is 9.99. The lowest BCUT2D eigenvalue weighted by Gasteiger charge is -2.55. The van der Waals surface area contributed by atoms with E-state index in [4.69, 9.17) is 26.4 Å². The lowest BCUT2D eigenvalue weighted by atomic mass is 9.64. The maximum absolute atomic E-state index is 15.2. The average Bonchev–Trinajstić information content (AvgIpc) is 3.99. The molecule has 308 valence electrons. The van der Waals surface area contributed by atoms with Crippen molar-refractivity contribution in [1.82, 2.24) is 29.6 Å². The number of nitrogens with zero attached hydrogens (tertiary/aromatic N) is 6. The molecule has 0 radical (unpaired) electrons. The van der Waals surface area contributed by atoms with Crippen LogP contribution in [0.4, 0.5) is 37.6 Å². The van der Waals surface area contributed by atoms with Gasteiger partial charge in [-0.2, -0.15) is 10.1 Å². The topological polar surface area (TPSA) is 160 Å². The minimum absolute atomic E-state index is 0.112. The molecule has 2 unspecified atom stereocenters. The second-order valence-electron chi connectivity index (χ2n) is 17.3. The molecule has 4 fully saturated rings. The van der Waals surface area contributed by atoms with E-state index in [-0.39, 0.29) is 40.6 Å². The molecule has 1 spiro atoms. The summed E-state index contributed by atoms with van der Waals surface area (Å²) in [4.78, 5) is 49.3. The van der Waals surface area contributed by atoms with E-state index in [1.807, 2.05) is 23.9 Å². The standard InChI is InChI=1S/C42H45ClF2N10O4/c1-21-16-41(14-13-28(21)48-29-6-4-5-24-32(52-54(3)34(24)29)25-10-12-31(56)49-38(25)57)18-55(19-41)40-46-17-27(43)37(51-40)47-23-9-11-30-26(15-23)33-35(39(58)53(30)2)59-20-42(44,45)36(50-33)22-7-8-22/h4-6,9,11,15,17,21-22,25,28,36,48,50H,7-8,10,12-14,16,18-20H2,1-3H3,(H,46,47,51)(H,49,56,57)/t21-,25?,28+,36?/m0/s1. The number of fused-ring (bicyclic) bond motifs is 4. The molecule has 17 heteroatoms. The van der Waals surface area contributed by atoms with Crippen molar-refractivity contribution in [3.63, 3.8) is 0 Å². The van der Waals surface area contributed by atoms with Crippen LogP contribution in [0, 0.1) is 17.3 Å². The number of halogens is 3. The van der Waals surface area contributed by atoms with Gasteiger partial charge in [-0.15, -0.1) is 0 Å². The van der Waals surface area contributed by atoms with Gasteiger partial charge >= 0.3 is 5.92 Å². The minimum atomic E-state index is -3.13. The van der Waals surface area contributed by atoms with Crippen molar-refractivity contribution in [1.29, 1.82) is 0 Å². The average molecular weight is 827 g/mol. The predicted octanol–water partition coefficient (Wildman–Crippen LogP) is 6.46. The van der Waals surface area contributed by atoms with Gasteiger partial charge in [0.1, 0.15) is 5.02 Å². The Bertz CT molecular complexity index is 2620. The molecule has 2 saturated carbocycles. The van der Waals surface area contributed by atoms with Gasteiger partial charge in [0.2, 0.25) is 23.5 Å². The number of hydrogen-bond acceptors (Lipinski definition) is 11. The largest absolute Gasteiger partial charge is 0.480 e. The van der Waals surface area contributed by atoms with Crippen molar-refractivity contribution in [2.24, 2.45) is 31.3 Å². The molecule has 14 nitrogen and oxygen atoms in total. The first kappa shape index (κ1) is 37.7. The van der Waals surface area contributed by atoms with Crippen LogP contribution in [0.25, 0.3) is 21.8 Å². The Kier molecular flexibility index (Phi) is 8.82. The molecule has 59 heavy (non-hydrogen) atoms. The molecule has 0 bridgehead atoms. The number of nitrogens with one attached hydrogen (secondary N) is 4. The molecule has 3 aromatic heterocycles. The van der Waals surface area contributed by atoms with Gasteiger partial charge in [-0.1, -0.05) is 30.7 Å². The number of alkyl halides is 2. The third kappa shape index (κ3) is 6.50. The molecule has 2 aromatic carbocycles. The van der Waals surface area contributed by atoms with E-state index in [1.165, 1.54) is 4.57 Å². The van der Waals surface area contributed by atoms with Crippen LogP contribution < -0.4 is 36.5 Å². The summed E-state index contributed by atoms with van der Waals surface area (Å²) in [7, 11) is 3.50. The van der Waals surface area contributed by atoms with E-state index in [2.05, 4.69) is 44.1 Å². The van der Waals surface area contributed by atoms with Crippen LogP contribution in [-0.4, -0.2) is 73.8 Å². The number of aromatic nitrogens is 5. The zero-order valence-corrected chi connectivity index (χ0v) is 33.7. The first-order valence-electron chi connectivity index (χ1n) is 20.3. The van der Waals surface area contributed by atoms with E-state index >= 15 is 8.78 Å². The molecule has 5 aliphatic rings. The fraction of sp³-hybridized carbons (Fsp3) is 0.476. The number of pyridine rings is 1. The molecular formula is C42H45ClF2N10O4. The van der Waals surface area contributed by atoms with Gasteiger partial charge in [-0.25, -0.2) is 13.8 Å². The van der Waals surface area contributed by atoms with Crippen LogP contribution in [0.2, 0.25) is 5.02 Å². The van der Waals surface area contributed by atoms with Gasteiger partial charge in [-0.05, 0) is 74.6 Å². The van der Waals surface area contributed by atoms with Gasteiger partial charge in [-0.3, -0.25) is 24.4 Å². The Balaban J connectivity index is 0.831. The number of imide groups is 1. The number of benzene rings is 2. The Hall–Kier alpha value is -5.51. The van der Waals surface area contributed by atoms with Gasteiger partial charge in [0.25, 0.3) is 5.56 Å². The molecule has 10 rings (SSSR count). The molecule has 4 N–H and O–H groups in total. The first-order valence-corrected chi connectivity index (χ1v) is 20.7. The van der Waals surface area contributed by atoms with Crippen LogP contribution >= 0.6 is 11.6 Å². The Morgan fingerprint density at radius 2 is 1.85 bits per heavy atom. The van der Waals surface area contributed by atoms with E-state index in [0.717, 1.165) is 48.9 Å². The Labute approximate surface area is 343 Å². The van der Waals surface area contributed by atoms with Crippen molar-refractivity contribution in [3.8, 4) is 5.75 Å². The normalized spacial score (nSPS) is 24.8. The summed E-state index contributed by atoms with van der Waals surface area (Å²) >= 11 is 6.64. The number of rotatable bonds is 7. The lowest BCUT2D eigenvalue weighted by molar-refractivity contribution is -0.134. The predicted molar refractivity (Wildman–Crippen MR) is 221 cm³/mol. The van der Waals surface area contributed by atoms with Crippen LogP contribution in [0.5, 0.6) is 5.75 Å². The monoisotopic (exact) mass is 826 g/mol. The minimum Gasteiger partial charge on any atom is -0.480 e. The van der Waals surface area contributed by atoms with Crippen LogP contribution in [-0.2, 0) is 23.7 Å². The summed E-state index contributed by atoms with van der Waals surface area (Å²) in [6.07, 6.45) is 6.76. The fourth-order valence-corrected chi connectivity index (χ4v) is 10.1. The van der Waals surface area contributed by atoms with Gasteiger partial charge in [0, 0.05) is 61.5 Å². The summed E-state index contributed by atoms with van der Waals surface area (Å²) in [5, 5.41) is 19.2. The van der Waals surface area contributed by atoms with Crippen molar-refractivity contribution in [2.45, 2.75) is 75.8 Å². The molecular weight excluding hydrogens is 782 g/mol. The quantitative estimate of drug-likeness (QED) is 0.134. The van der Waals surface area contributed by atoms with Gasteiger partial charge in [0.05, 0.1) is 46.3 Å². The first-order chi connectivity index (χ1) is 28.3. The highest BCUT2D eigenvalue weighted by Crippen LogP contribution is 2.49. The van der Waals surface area contributed by atoms with E-state index in [1.54, 1.807) is 31.4 Å². The van der Waals surface area contributed by atoms with Gasteiger partial charge in [0.15, 0.2) is 12.4 Å². The maximum Gasteiger partial charge on any atom is 0.301 e. The molecule has 6 heterocycles. The summed E-state index contributed by atoms with van der Waals surface area (Å²) < 4.78 is 39.1. The SMILES string of the molecule is C[C@H]1CC2(CC[C@H]1Nc1cccc3c(C4CCC(=O)NC4=O)nn(C)c13)CN(c1ncc(Cl)c(Nc3ccc4c(c3)c3c(c(=O)n4C)OCC(F)(F)C(C4CC4)N3)n1)C2. The number of aryl methyl sites for hydroxylation is 2. The molecule has 2 aliphatic carbocycles. The zero-order chi connectivity index (χ0) is 41.0. The lowest BCUT2D eigenvalue weighted by Crippen LogP contribution is -2.60. The van der Waals surface area contributed by atoms with Crippen molar-refractivity contribution >= 4 is 74.0 Å². The summed E-state index contributed by atoms with van der Waals surface area (Å²) in [6.45, 7) is 3.05. The summed E-state index contributed by atoms with van der Waals surface area (Å²) in [5.74, 6) is -3.09. The molecule has 3 aliphatic heterocycles. The second kappa shape index (κ2) is 13.8. The van der Waals surface area contributed by atoms with Crippen LogP contribution in [0.15, 0.2) is 47.4 Å². The summed E-state index contributed by atoms with van der Waals surface area (Å²) in [6, 6.07) is 10.5. The van der Waals surface area contributed by atoms with E-state index < -0.39 is 30.0 Å². The number of carbonyl (C=O) groups is 2. The highest BCUT2D eigenvalue weighted by Gasteiger charge is 2.51. The highest BCUT2D eigenvalue weighted by molar-refractivity contribution is 6.33. The number of piperidine rings is 1. The highest BCUT2D eigenvalue weighted by atomic mass is 35.5. The molecule has 2 amide bonds. The van der Waals surface area contributed by atoms with E-state index in [9.17, 15) is 14.4 Å². The van der Waals surface area contributed by atoms with Crippen LogP contribution in [0.3, 0.4) is 0 Å². The third-order valence-electron chi connectivity index (χ3n) is 13.2. The number of anilines is 5. The number of carbonyl (C=O) groups excluding carboxylic acids is 2. The maximum atomic E-state index is 15.2. The summed E-state index contributed by atoms with van der Waals surface area (Å²) in [5.41, 5.74) is 3.73. The third-order valence-corrected chi connectivity index (χ3v) is 13.4.